The van der Waals surface area contributed by atoms with Crippen molar-refractivity contribution >= 4 is 17.4 Å². The molecule has 0 unspecified atom stereocenters. The van der Waals surface area contributed by atoms with Crippen molar-refractivity contribution in [2.75, 3.05) is 18.5 Å². The Hall–Kier alpha value is -2.08. The quantitative estimate of drug-likeness (QED) is 0.493. The highest BCUT2D eigenvalue weighted by Gasteiger charge is 2.39. The maximum atomic E-state index is 11.9. The Morgan fingerprint density at radius 1 is 1.38 bits per heavy atom. The molecule has 1 aromatic rings. The van der Waals surface area contributed by atoms with Crippen molar-refractivity contribution in [3.05, 3.63) is 29.8 Å². The van der Waals surface area contributed by atoms with E-state index in [0.717, 1.165) is 17.7 Å². The third kappa shape index (κ3) is 4.96. The summed E-state index contributed by atoms with van der Waals surface area (Å²) in [6.45, 7) is 8.81. The molecule has 2 rings (SSSR count). The lowest BCUT2D eigenvalue weighted by atomic mass is 9.81. The van der Waals surface area contributed by atoms with Crippen LogP contribution in [0.2, 0.25) is 0 Å². The van der Waals surface area contributed by atoms with E-state index in [2.05, 4.69) is 31.2 Å². The molecule has 0 aliphatic carbocycles. The molecule has 0 aromatic heterocycles. The molecule has 1 saturated heterocycles. The molecule has 6 heteroatoms. The number of nitrogens with one attached hydrogen (secondary N) is 1. The molecule has 0 spiro atoms. The summed E-state index contributed by atoms with van der Waals surface area (Å²) in [6, 6.07) is 7.54. The summed E-state index contributed by atoms with van der Waals surface area (Å²) in [6.07, 6.45) is 0.821. The van der Waals surface area contributed by atoms with Gasteiger partial charge in [0.15, 0.2) is 6.61 Å². The number of nitrogens with two attached hydrogens (primary N) is 1. The lowest BCUT2D eigenvalue weighted by molar-refractivity contribution is -0.120. The monoisotopic (exact) mass is 333 g/mol. The van der Waals surface area contributed by atoms with Crippen molar-refractivity contribution in [3.8, 4) is 0 Å². The van der Waals surface area contributed by atoms with Crippen LogP contribution in [0.5, 0.6) is 0 Å². The number of oxime groups is 1. The van der Waals surface area contributed by atoms with Crippen molar-refractivity contribution in [2.45, 2.75) is 40.2 Å². The van der Waals surface area contributed by atoms with Crippen LogP contribution in [0, 0.1) is 18.3 Å². The van der Waals surface area contributed by atoms with E-state index in [1.54, 1.807) is 0 Å². The Labute approximate surface area is 143 Å². The van der Waals surface area contributed by atoms with Gasteiger partial charge in [0, 0.05) is 18.2 Å². The van der Waals surface area contributed by atoms with Crippen molar-refractivity contribution in [1.29, 1.82) is 0 Å². The number of hydrogen-bond donors (Lipinski definition) is 2. The van der Waals surface area contributed by atoms with E-state index in [1.165, 1.54) is 0 Å². The Bertz CT molecular complexity index is 591. The summed E-state index contributed by atoms with van der Waals surface area (Å²) >= 11 is 0. The lowest BCUT2D eigenvalue weighted by Crippen LogP contribution is -2.38. The van der Waals surface area contributed by atoms with Crippen LogP contribution in [-0.2, 0) is 14.4 Å². The van der Waals surface area contributed by atoms with Gasteiger partial charge in [0.25, 0.3) is 5.91 Å². The molecular weight excluding hydrogens is 306 g/mol. The fourth-order valence-corrected chi connectivity index (χ4v) is 2.81. The van der Waals surface area contributed by atoms with Crippen LogP contribution in [0.4, 0.5) is 5.69 Å². The van der Waals surface area contributed by atoms with Gasteiger partial charge in [-0.1, -0.05) is 43.6 Å². The fourth-order valence-electron chi connectivity index (χ4n) is 2.81. The Balaban J connectivity index is 1.84. The topological polar surface area (TPSA) is 85.9 Å². The van der Waals surface area contributed by atoms with Crippen molar-refractivity contribution in [2.24, 2.45) is 22.2 Å². The zero-order chi connectivity index (χ0) is 17.7. The second-order valence-corrected chi connectivity index (χ2v) is 7.26. The van der Waals surface area contributed by atoms with Gasteiger partial charge in [-0.05, 0) is 30.9 Å². The van der Waals surface area contributed by atoms with Gasteiger partial charge >= 0.3 is 0 Å². The SMILES string of the molecule is Cc1ccc(NC(=O)CO/N=C(/N)[C@H]2CCO[C@@H]2C(C)(C)C)cc1. The van der Waals surface area contributed by atoms with Gasteiger partial charge < -0.3 is 20.6 Å². The van der Waals surface area contributed by atoms with E-state index in [9.17, 15) is 4.79 Å². The largest absolute Gasteiger partial charge is 0.384 e. The zero-order valence-electron chi connectivity index (χ0n) is 14.8. The fraction of sp³-hybridized carbons (Fsp3) is 0.556. The van der Waals surface area contributed by atoms with E-state index in [0.29, 0.717) is 12.4 Å². The highest BCUT2D eigenvalue weighted by Crippen LogP contribution is 2.34. The molecule has 0 radical (unpaired) electrons. The van der Waals surface area contributed by atoms with E-state index < -0.39 is 0 Å². The molecule has 6 nitrogen and oxygen atoms in total. The second-order valence-electron chi connectivity index (χ2n) is 7.26. The van der Waals surface area contributed by atoms with Gasteiger partial charge in [-0.15, -0.1) is 0 Å². The average Bonchev–Trinajstić information content (AvgIpc) is 2.99. The summed E-state index contributed by atoms with van der Waals surface area (Å²) in [5.74, 6) is 0.131. The minimum absolute atomic E-state index is 0.00577. The predicted octanol–water partition coefficient (Wildman–Crippen LogP) is 2.67. The molecule has 3 N–H and O–H groups in total. The maximum Gasteiger partial charge on any atom is 0.265 e. The van der Waals surface area contributed by atoms with Gasteiger partial charge in [0.2, 0.25) is 0 Å². The Morgan fingerprint density at radius 2 is 2.04 bits per heavy atom. The molecule has 132 valence electrons. The highest BCUT2D eigenvalue weighted by atomic mass is 16.6. The van der Waals surface area contributed by atoms with Crippen LogP contribution in [0.15, 0.2) is 29.4 Å². The number of anilines is 1. The summed E-state index contributed by atoms with van der Waals surface area (Å²) < 4.78 is 5.77. The Morgan fingerprint density at radius 3 is 2.67 bits per heavy atom. The number of benzene rings is 1. The van der Waals surface area contributed by atoms with E-state index in [4.69, 9.17) is 15.3 Å². The van der Waals surface area contributed by atoms with Gasteiger partial charge in [0.1, 0.15) is 5.84 Å². The third-order valence-electron chi connectivity index (χ3n) is 4.03. The van der Waals surface area contributed by atoms with Gasteiger partial charge in [0.05, 0.1) is 6.10 Å². The maximum absolute atomic E-state index is 11.9. The highest BCUT2D eigenvalue weighted by molar-refractivity contribution is 5.91. The van der Waals surface area contributed by atoms with E-state index in [1.807, 2.05) is 31.2 Å². The zero-order valence-corrected chi connectivity index (χ0v) is 14.8. The average molecular weight is 333 g/mol. The molecular formula is C18H27N3O3. The van der Waals surface area contributed by atoms with Gasteiger partial charge in [-0.2, -0.15) is 0 Å². The minimum atomic E-state index is -0.273. The van der Waals surface area contributed by atoms with Gasteiger partial charge in [-0.3, -0.25) is 4.79 Å². The van der Waals surface area contributed by atoms with Crippen LogP contribution in [0.1, 0.15) is 32.8 Å². The third-order valence-corrected chi connectivity index (χ3v) is 4.03. The number of nitrogens with zero attached hydrogens (tertiary/aromatic N) is 1. The number of rotatable bonds is 5. The number of amidine groups is 1. The molecule has 1 fully saturated rings. The number of hydrogen-bond acceptors (Lipinski definition) is 4. The molecule has 0 bridgehead atoms. The summed E-state index contributed by atoms with van der Waals surface area (Å²) in [4.78, 5) is 17.0. The molecule has 1 heterocycles. The van der Waals surface area contributed by atoms with Crippen molar-refractivity contribution in [1.82, 2.24) is 0 Å². The molecule has 1 amide bonds. The smallest absolute Gasteiger partial charge is 0.265 e. The summed E-state index contributed by atoms with van der Waals surface area (Å²) in [5, 5.41) is 6.67. The number of amides is 1. The first-order chi connectivity index (χ1) is 11.3. The Kier molecular flexibility index (Phi) is 5.83. The van der Waals surface area contributed by atoms with Crippen molar-refractivity contribution < 1.29 is 14.4 Å². The summed E-state index contributed by atoms with van der Waals surface area (Å²) in [7, 11) is 0. The van der Waals surface area contributed by atoms with E-state index in [-0.39, 0.29) is 30.0 Å². The minimum Gasteiger partial charge on any atom is -0.384 e. The number of carbonyl (C=O) groups excluding carboxylic acids is 1. The number of aryl methyl sites for hydroxylation is 1. The van der Waals surface area contributed by atoms with Gasteiger partial charge in [-0.25, -0.2) is 0 Å². The molecule has 0 saturated carbocycles. The molecule has 2 atom stereocenters. The standard InChI is InChI=1S/C18H27N3O3/c1-12-5-7-13(8-6-12)20-15(22)11-24-21-17(19)14-9-10-23-16(14)18(2,3)4/h5-8,14,16H,9-11H2,1-4H3,(H2,19,21)(H,20,22)/t14-,16-/m0/s1. The lowest BCUT2D eigenvalue weighted by Gasteiger charge is -2.30. The predicted molar refractivity (Wildman–Crippen MR) is 94.7 cm³/mol. The van der Waals surface area contributed by atoms with Crippen LogP contribution in [0.3, 0.4) is 0 Å². The molecule has 24 heavy (non-hydrogen) atoms. The second kappa shape index (κ2) is 7.66. The number of ether oxygens (including phenoxy) is 1. The normalized spacial score (nSPS) is 21.6. The number of carbonyl (C=O) groups is 1. The first kappa shape index (κ1) is 18.3. The molecule has 1 aromatic carbocycles. The summed E-state index contributed by atoms with van der Waals surface area (Å²) in [5.41, 5.74) is 7.87. The first-order valence-corrected chi connectivity index (χ1v) is 8.21. The molecule has 1 aliphatic rings. The van der Waals surface area contributed by atoms with Crippen LogP contribution >= 0.6 is 0 Å². The van der Waals surface area contributed by atoms with Crippen LogP contribution in [-0.4, -0.2) is 31.1 Å². The van der Waals surface area contributed by atoms with E-state index >= 15 is 0 Å². The first-order valence-electron chi connectivity index (χ1n) is 8.21. The van der Waals surface area contributed by atoms with Crippen LogP contribution < -0.4 is 11.1 Å². The molecule has 1 aliphatic heterocycles. The van der Waals surface area contributed by atoms with Crippen molar-refractivity contribution in [3.63, 3.8) is 0 Å². The van der Waals surface area contributed by atoms with Crippen LogP contribution in [0.25, 0.3) is 0 Å².